The average Bonchev–Trinajstić information content (AvgIpc) is 2.66. The molecule has 2 aromatic carbocycles. The number of benzene rings is 2. The Morgan fingerprint density at radius 2 is 1.83 bits per heavy atom. The molecular weight excluding hydrogens is 404 g/mol. The number of hydrogen-bond acceptors (Lipinski definition) is 4. The summed E-state index contributed by atoms with van der Waals surface area (Å²) in [6.45, 7) is 3.02. The molecule has 154 valence electrons. The van der Waals surface area contributed by atoms with Crippen LogP contribution in [0.25, 0.3) is 0 Å². The molecule has 10 heteroatoms. The molecular formula is C19H19F2N3O4S. The van der Waals surface area contributed by atoms with Gasteiger partial charge in [-0.1, -0.05) is 18.2 Å². The molecule has 2 aromatic rings. The first-order valence-electron chi connectivity index (χ1n) is 8.34. The van der Waals surface area contributed by atoms with Gasteiger partial charge in [-0.2, -0.15) is 0 Å². The molecule has 0 aliphatic rings. The van der Waals surface area contributed by atoms with Gasteiger partial charge in [0, 0.05) is 12.6 Å². The number of sulfonamides is 1. The van der Waals surface area contributed by atoms with E-state index in [1.54, 1.807) is 12.1 Å². The lowest BCUT2D eigenvalue weighted by Crippen LogP contribution is -2.38. The molecule has 2 rings (SSSR count). The minimum absolute atomic E-state index is 0.165. The smallest absolute Gasteiger partial charge is 0.253 e. The van der Waals surface area contributed by atoms with Gasteiger partial charge in [-0.15, -0.1) is 6.58 Å². The molecule has 0 unspecified atom stereocenters. The number of carbonyl (C=O) groups is 2. The van der Waals surface area contributed by atoms with E-state index in [0.717, 1.165) is 18.4 Å². The molecule has 7 nitrogen and oxygen atoms in total. The Balaban J connectivity index is 2.25. The van der Waals surface area contributed by atoms with E-state index in [2.05, 4.69) is 17.2 Å². The number of amides is 2. The number of nitrogens with one attached hydrogen (secondary N) is 2. The number of hydrogen-bond donors (Lipinski definition) is 2. The summed E-state index contributed by atoms with van der Waals surface area (Å²) in [6.07, 6.45) is 2.32. The van der Waals surface area contributed by atoms with Gasteiger partial charge >= 0.3 is 0 Å². The van der Waals surface area contributed by atoms with Gasteiger partial charge in [0.25, 0.3) is 5.91 Å². The molecule has 0 saturated carbocycles. The molecule has 0 aromatic heterocycles. The molecule has 0 saturated heterocycles. The highest BCUT2D eigenvalue weighted by Crippen LogP contribution is 2.21. The van der Waals surface area contributed by atoms with Gasteiger partial charge in [0.1, 0.15) is 6.54 Å². The molecule has 2 N–H and O–H groups in total. The fourth-order valence-electron chi connectivity index (χ4n) is 2.41. The second kappa shape index (κ2) is 9.28. The molecule has 0 aliphatic heterocycles. The molecule has 0 radical (unpaired) electrons. The highest BCUT2D eigenvalue weighted by Gasteiger charge is 2.23. The first-order valence-corrected chi connectivity index (χ1v) is 10.2. The van der Waals surface area contributed by atoms with Crippen molar-refractivity contribution in [1.29, 1.82) is 0 Å². The van der Waals surface area contributed by atoms with Crippen LogP contribution in [0.2, 0.25) is 0 Å². The second-order valence-corrected chi connectivity index (χ2v) is 7.87. The van der Waals surface area contributed by atoms with Crippen molar-refractivity contribution in [2.45, 2.75) is 0 Å². The summed E-state index contributed by atoms with van der Waals surface area (Å²) in [6, 6.07) is 8.64. The molecule has 2 amide bonds. The fourth-order valence-corrected chi connectivity index (χ4v) is 3.26. The lowest BCUT2D eigenvalue weighted by molar-refractivity contribution is -0.114. The summed E-state index contributed by atoms with van der Waals surface area (Å²) < 4.78 is 51.4. The molecule has 0 heterocycles. The Bertz CT molecular complexity index is 1040. The first-order chi connectivity index (χ1) is 13.6. The lowest BCUT2D eigenvalue weighted by Gasteiger charge is -2.22. The molecule has 0 bridgehead atoms. The van der Waals surface area contributed by atoms with Crippen LogP contribution < -0.4 is 14.9 Å². The van der Waals surface area contributed by atoms with Crippen molar-refractivity contribution in [3.05, 3.63) is 72.3 Å². The Hall–Kier alpha value is -3.27. The standard InChI is InChI=1S/C19H19F2N3O4S/c1-3-10-22-19(26)14-6-4-5-7-17(14)23-18(25)12-24(29(2,27)28)13-8-9-15(20)16(21)11-13/h3-9,11H,1,10,12H2,2H3,(H,22,26)(H,23,25). The number of rotatable bonds is 8. The number of halogens is 2. The largest absolute Gasteiger partial charge is 0.349 e. The third-order valence-corrected chi connectivity index (χ3v) is 4.87. The molecule has 0 atom stereocenters. The predicted molar refractivity (Wildman–Crippen MR) is 106 cm³/mol. The van der Waals surface area contributed by atoms with Crippen LogP contribution in [0, 0.1) is 11.6 Å². The van der Waals surface area contributed by atoms with Crippen LogP contribution in [0.3, 0.4) is 0 Å². The quantitative estimate of drug-likeness (QED) is 0.637. The van der Waals surface area contributed by atoms with Gasteiger partial charge < -0.3 is 10.6 Å². The van der Waals surface area contributed by atoms with Crippen LogP contribution in [0.15, 0.2) is 55.1 Å². The minimum Gasteiger partial charge on any atom is -0.349 e. The summed E-state index contributed by atoms with van der Waals surface area (Å²) in [5, 5.41) is 5.04. The Kier molecular flexibility index (Phi) is 7.05. The zero-order valence-corrected chi connectivity index (χ0v) is 16.3. The maximum Gasteiger partial charge on any atom is 0.253 e. The predicted octanol–water partition coefficient (Wildman–Crippen LogP) is 2.29. The number of nitrogens with zero attached hydrogens (tertiary/aromatic N) is 1. The Labute approximate surface area is 167 Å². The van der Waals surface area contributed by atoms with E-state index in [9.17, 15) is 26.8 Å². The minimum atomic E-state index is -3.98. The van der Waals surface area contributed by atoms with Gasteiger partial charge in [0.05, 0.1) is 23.2 Å². The molecule has 0 fully saturated rings. The second-order valence-electron chi connectivity index (χ2n) is 5.96. The summed E-state index contributed by atoms with van der Waals surface area (Å²) in [4.78, 5) is 24.6. The van der Waals surface area contributed by atoms with E-state index in [-0.39, 0.29) is 23.5 Å². The van der Waals surface area contributed by atoms with Crippen molar-refractivity contribution < 1.29 is 26.8 Å². The molecule has 29 heavy (non-hydrogen) atoms. The lowest BCUT2D eigenvalue weighted by atomic mass is 10.1. The normalized spacial score (nSPS) is 10.9. The molecule has 0 spiro atoms. The van der Waals surface area contributed by atoms with Crippen molar-refractivity contribution >= 4 is 33.2 Å². The molecule has 0 aliphatic carbocycles. The van der Waals surface area contributed by atoms with Gasteiger partial charge in [0.15, 0.2) is 11.6 Å². The van der Waals surface area contributed by atoms with E-state index in [0.29, 0.717) is 10.4 Å². The number of para-hydroxylation sites is 1. The first kappa shape index (κ1) is 22.0. The Morgan fingerprint density at radius 3 is 2.45 bits per heavy atom. The van der Waals surface area contributed by atoms with E-state index in [1.807, 2.05) is 0 Å². The van der Waals surface area contributed by atoms with E-state index in [4.69, 9.17) is 0 Å². The highest BCUT2D eigenvalue weighted by atomic mass is 32.2. The summed E-state index contributed by atoms with van der Waals surface area (Å²) in [5.74, 6) is -3.63. The monoisotopic (exact) mass is 423 g/mol. The number of anilines is 2. The highest BCUT2D eigenvalue weighted by molar-refractivity contribution is 7.92. The van der Waals surface area contributed by atoms with Crippen LogP contribution in [0.5, 0.6) is 0 Å². The van der Waals surface area contributed by atoms with Crippen LogP contribution >= 0.6 is 0 Å². The van der Waals surface area contributed by atoms with Crippen molar-refractivity contribution in [2.24, 2.45) is 0 Å². The number of carbonyl (C=O) groups excluding carboxylic acids is 2. The van der Waals surface area contributed by atoms with Crippen LogP contribution in [-0.2, 0) is 14.8 Å². The fraction of sp³-hybridized carbons (Fsp3) is 0.158. The van der Waals surface area contributed by atoms with Crippen LogP contribution in [0.1, 0.15) is 10.4 Å². The Morgan fingerprint density at radius 1 is 1.14 bits per heavy atom. The van der Waals surface area contributed by atoms with Crippen molar-refractivity contribution in [3.8, 4) is 0 Å². The third kappa shape index (κ3) is 5.85. The van der Waals surface area contributed by atoms with Crippen LogP contribution in [0.4, 0.5) is 20.2 Å². The maximum atomic E-state index is 13.5. The maximum absolute atomic E-state index is 13.5. The summed E-state index contributed by atoms with van der Waals surface area (Å²) in [7, 11) is -3.98. The zero-order chi connectivity index (χ0) is 21.6. The average molecular weight is 423 g/mol. The van der Waals surface area contributed by atoms with E-state index < -0.39 is 40.0 Å². The van der Waals surface area contributed by atoms with Gasteiger partial charge in [0.2, 0.25) is 15.9 Å². The zero-order valence-electron chi connectivity index (χ0n) is 15.5. The van der Waals surface area contributed by atoms with Crippen molar-refractivity contribution in [3.63, 3.8) is 0 Å². The topological polar surface area (TPSA) is 95.6 Å². The van der Waals surface area contributed by atoms with Crippen LogP contribution in [-0.4, -0.2) is 39.6 Å². The van der Waals surface area contributed by atoms with E-state index in [1.165, 1.54) is 18.2 Å². The third-order valence-electron chi connectivity index (χ3n) is 3.73. The van der Waals surface area contributed by atoms with Gasteiger partial charge in [-0.05, 0) is 24.3 Å². The summed E-state index contributed by atoms with van der Waals surface area (Å²) >= 11 is 0. The van der Waals surface area contributed by atoms with Gasteiger partial charge in [-0.25, -0.2) is 17.2 Å². The SMILES string of the molecule is C=CCNC(=O)c1ccccc1NC(=O)CN(c1ccc(F)c(F)c1)S(C)(=O)=O. The van der Waals surface area contributed by atoms with Gasteiger partial charge in [-0.3, -0.25) is 13.9 Å². The summed E-state index contributed by atoms with van der Waals surface area (Å²) in [5.41, 5.74) is 0.123. The van der Waals surface area contributed by atoms with E-state index >= 15 is 0 Å². The van der Waals surface area contributed by atoms with Crippen molar-refractivity contribution in [1.82, 2.24) is 5.32 Å². The van der Waals surface area contributed by atoms with Crippen molar-refractivity contribution in [2.75, 3.05) is 29.0 Å².